The van der Waals surface area contributed by atoms with Crippen molar-refractivity contribution in [3.8, 4) is 44.5 Å². The summed E-state index contributed by atoms with van der Waals surface area (Å²) >= 11 is 1.87. The lowest BCUT2D eigenvalue weighted by atomic mass is 9.90. The van der Waals surface area contributed by atoms with Gasteiger partial charge in [-0.05, 0) is 110 Å². The first-order valence-electron chi connectivity index (χ1n) is 18.4. The van der Waals surface area contributed by atoms with Gasteiger partial charge < -0.3 is 4.90 Å². The first-order chi connectivity index (χ1) is 26.8. The van der Waals surface area contributed by atoms with Gasteiger partial charge in [-0.15, -0.1) is 11.3 Å². The van der Waals surface area contributed by atoms with Gasteiger partial charge in [-0.1, -0.05) is 158 Å². The van der Waals surface area contributed by atoms with Crippen molar-refractivity contribution in [3.63, 3.8) is 0 Å². The average molecular weight is 706 g/mol. The number of hydrogen-bond acceptors (Lipinski definition) is 2. The fourth-order valence-electron chi connectivity index (χ4n) is 7.91. The SMILES string of the molecule is c1ccc(-c2ccccc2-c2ccc(N(c3ccccc3)c3ccc(-c4cccc5cc6sc7ccccc7c6cc45)c(-c4ccccc4)c3)cc2)cc1. The molecule has 0 aliphatic heterocycles. The molecule has 0 aliphatic rings. The number of benzene rings is 9. The Morgan fingerprint density at radius 2 is 0.833 bits per heavy atom. The zero-order valence-corrected chi connectivity index (χ0v) is 30.4. The second kappa shape index (κ2) is 13.7. The van der Waals surface area contributed by atoms with Gasteiger partial charge in [-0.25, -0.2) is 0 Å². The molecule has 0 aliphatic carbocycles. The number of para-hydroxylation sites is 1. The van der Waals surface area contributed by atoms with E-state index in [1.165, 1.54) is 75.5 Å². The molecule has 10 rings (SSSR count). The van der Waals surface area contributed by atoms with Crippen molar-refractivity contribution in [2.24, 2.45) is 0 Å². The second-order valence-corrected chi connectivity index (χ2v) is 14.8. The van der Waals surface area contributed by atoms with Crippen molar-refractivity contribution >= 4 is 59.3 Å². The molecule has 54 heavy (non-hydrogen) atoms. The molecule has 0 saturated heterocycles. The molecule has 0 atom stereocenters. The molecule has 254 valence electrons. The van der Waals surface area contributed by atoms with Crippen LogP contribution in [-0.4, -0.2) is 0 Å². The number of fused-ring (bicyclic) bond motifs is 4. The zero-order valence-electron chi connectivity index (χ0n) is 29.6. The molecule has 0 bridgehead atoms. The highest BCUT2D eigenvalue weighted by Crippen LogP contribution is 2.44. The lowest BCUT2D eigenvalue weighted by Gasteiger charge is -2.27. The van der Waals surface area contributed by atoms with Gasteiger partial charge in [0.25, 0.3) is 0 Å². The number of thiophene rings is 1. The van der Waals surface area contributed by atoms with Gasteiger partial charge in [-0.2, -0.15) is 0 Å². The van der Waals surface area contributed by atoms with E-state index in [1.807, 2.05) is 11.3 Å². The number of hydrogen-bond donors (Lipinski definition) is 0. The number of rotatable bonds is 7. The Kier molecular flexibility index (Phi) is 8.09. The van der Waals surface area contributed by atoms with Gasteiger partial charge in [0.05, 0.1) is 0 Å². The third kappa shape index (κ3) is 5.74. The van der Waals surface area contributed by atoms with Crippen molar-refractivity contribution in [2.45, 2.75) is 0 Å². The minimum absolute atomic E-state index is 1.10. The van der Waals surface area contributed by atoms with Crippen molar-refractivity contribution in [1.82, 2.24) is 0 Å². The molecular weight excluding hydrogens is 671 g/mol. The highest BCUT2D eigenvalue weighted by Gasteiger charge is 2.18. The summed E-state index contributed by atoms with van der Waals surface area (Å²) in [6, 6.07) is 77.1. The first kappa shape index (κ1) is 32.0. The van der Waals surface area contributed by atoms with Crippen LogP contribution in [0.3, 0.4) is 0 Å². The Labute approximate surface area is 319 Å². The zero-order chi connectivity index (χ0) is 35.8. The van der Waals surface area contributed by atoms with Crippen LogP contribution < -0.4 is 4.90 Å². The summed E-state index contributed by atoms with van der Waals surface area (Å²) in [7, 11) is 0. The lowest BCUT2D eigenvalue weighted by molar-refractivity contribution is 1.28. The van der Waals surface area contributed by atoms with Gasteiger partial charge >= 0.3 is 0 Å². The molecule has 1 nitrogen and oxygen atoms in total. The molecule has 0 amide bonds. The summed E-state index contributed by atoms with van der Waals surface area (Å²) in [4.78, 5) is 2.37. The van der Waals surface area contributed by atoms with E-state index >= 15 is 0 Å². The third-order valence-electron chi connectivity index (χ3n) is 10.5. The highest BCUT2D eigenvalue weighted by molar-refractivity contribution is 7.25. The Bertz CT molecular complexity index is 2910. The standard InChI is InChI=1S/C52H35NS/c1-4-15-36(16-5-1)43-22-10-11-23-44(43)38-27-29-41(30-28-38)53(40-20-8-3-9-21-40)42-31-32-46(48(34-42)37-17-6-2-7-18-37)45-25-14-19-39-33-52-50(35-49(39)45)47-24-12-13-26-51(47)54-52/h1-35H. The van der Waals surface area contributed by atoms with E-state index in [1.54, 1.807) is 0 Å². The fourth-order valence-corrected chi connectivity index (χ4v) is 9.05. The predicted molar refractivity (Wildman–Crippen MR) is 233 cm³/mol. The van der Waals surface area contributed by atoms with Gasteiger partial charge in [0.1, 0.15) is 0 Å². The lowest BCUT2D eigenvalue weighted by Crippen LogP contribution is -2.10. The van der Waals surface area contributed by atoms with Gasteiger partial charge in [0.15, 0.2) is 0 Å². The largest absolute Gasteiger partial charge is 0.310 e. The van der Waals surface area contributed by atoms with Crippen LogP contribution in [0.1, 0.15) is 0 Å². The second-order valence-electron chi connectivity index (χ2n) is 13.7. The molecule has 9 aromatic carbocycles. The van der Waals surface area contributed by atoms with Crippen LogP contribution in [0.2, 0.25) is 0 Å². The molecule has 0 N–H and O–H groups in total. The summed E-state index contributed by atoms with van der Waals surface area (Å²) in [5, 5.41) is 5.17. The maximum Gasteiger partial charge on any atom is 0.0468 e. The Morgan fingerprint density at radius 1 is 0.278 bits per heavy atom. The smallest absolute Gasteiger partial charge is 0.0468 e. The molecular formula is C52H35NS. The van der Waals surface area contributed by atoms with Crippen molar-refractivity contribution in [3.05, 3.63) is 212 Å². The van der Waals surface area contributed by atoms with Crippen LogP contribution >= 0.6 is 11.3 Å². The summed E-state index contributed by atoms with van der Waals surface area (Å²) < 4.78 is 2.65. The van der Waals surface area contributed by atoms with Gasteiger partial charge in [-0.3, -0.25) is 0 Å². The van der Waals surface area contributed by atoms with E-state index < -0.39 is 0 Å². The maximum atomic E-state index is 2.41. The van der Waals surface area contributed by atoms with E-state index in [9.17, 15) is 0 Å². The molecule has 10 aromatic rings. The Balaban J connectivity index is 1.12. The minimum atomic E-state index is 1.10. The quantitative estimate of drug-likeness (QED) is 0.160. The van der Waals surface area contributed by atoms with E-state index in [2.05, 4.69) is 217 Å². The Hall–Kier alpha value is -6.74. The van der Waals surface area contributed by atoms with Crippen molar-refractivity contribution < 1.29 is 0 Å². The monoisotopic (exact) mass is 705 g/mol. The summed E-state index contributed by atoms with van der Waals surface area (Å²) in [5.41, 5.74) is 13.0. The Morgan fingerprint density at radius 3 is 1.56 bits per heavy atom. The van der Waals surface area contributed by atoms with Crippen molar-refractivity contribution in [1.29, 1.82) is 0 Å². The third-order valence-corrected chi connectivity index (χ3v) is 11.6. The topological polar surface area (TPSA) is 3.24 Å². The molecule has 0 fully saturated rings. The van der Waals surface area contributed by atoms with E-state index in [-0.39, 0.29) is 0 Å². The maximum absolute atomic E-state index is 2.41. The minimum Gasteiger partial charge on any atom is -0.310 e. The number of anilines is 3. The van der Waals surface area contributed by atoms with Gasteiger partial charge in [0.2, 0.25) is 0 Å². The molecule has 0 radical (unpaired) electrons. The average Bonchev–Trinajstić information content (AvgIpc) is 3.61. The molecule has 0 spiro atoms. The van der Waals surface area contributed by atoms with Crippen LogP contribution in [0.15, 0.2) is 212 Å². The predicted octanol–water partition coefficient (Wildman–Crippen LogP) is 15.3. The van der Waals surface area contributed by atoms with E-state index in [0.29, 0.717) is 0 Å². The fraction of sp³-hybridized carbons (Fsp3) is 0. The van der Waals surface area contributed by atoms with Crippen LogP contribution in [-0.2, 0) is 0 Å². The van der Waals surface area contributed by atoms with E-state index in [4.69, 9.17) is 0 Å². The van der Waals surface area contributed by atoms with Crippen molar-refractivity contribution in [2.75, 3.05) is 4.90 Å². The van der Waals surface area contributed by atoms with Crippen LogP contribution in [0.25, 0.3) is 75.5 Å². The number of nitrogens with zero attached hydrogens (tertiary/aromatic N) is 1. The van der Waals surface area contributed by atoms with Crippen LogP contribution in [0, 0.1) is 0 Å². The molecule has 0 unspecified atom stereocenters. The highest BCUT2D eigenvalue weighted by atomic mass is 32.1. The van der Waals surface area contributed by atoms with E-state index in [0.717, 1.165) is 17.1 Å². The first-order valence-corrected chi connectivity index (χ1v) is 19.2. The molecule has 1 heterocycles. The van der Waals surface area contributed by atoms with Crippen LogP contribution in [0.5, 0.6) is 0 Å². The van der Waals surface area contributed by atoms with Crippen LogP contribution in [0.4, 0.5) is 17.1 Å². The summed E-state index contributed by atoms with van der Waals surface area (Å²) in [6.07, 6.45) is 0. The normalized spacial score (nSPS) is 11.3. The summed E-state index contributed by atoms with van der Waals surface area (Å²) in [6.45, 7) is 0. The molecule has 1 aromatic heterocycles. The van der Waals surface area contributed by atoms with Gasteiger partial charge in [0, 0.05) is 37.2 Å². The molecule has 2 heteroatoms. The summed E-state index contributed by atoms with van der Waals surface area (Å²) in [5.74, 6) is 0. The molecule has 0 saturated carbocycles.